The van der Waals surface area contributed by atoms with Crippen molar-refractivity contribution in [1.82, 2.24) is 9.88 Å². The smallest absolute Gasteiger partial charge is 0.0897 e. The van der Waals surface area contributed by atoms with E-state index in [0.29, 0.717) is 0 Å². The molecule has 4 nitrogen and oxygen atoms in total. The van der Waals surface area contributed by atoms with Gasteiger partial charge in [0.05, 0.1) is 10.7 Å². The molecule has 0 radical (unpaired) electrons. The Kier molecular flexibility index (Phi) is 3.89. The maximum absolute atomic E-state index is 5.85. The van der Waals surface area contributed by atoms with Gasteiger partial charge in [0.1, 0.15) is 0 Å². The lowest BCUT2D eigenvalue weighted by molar-refractivity contribution is 0.247. The third kappa shape index (κ3) is 3.11. The normalized spacial score (nSPS) is 16.6. The summed E-state index contributed by atoms with van der Waals surface area (Å²) in [6, 6.07) is 8.15. The highest BCUT2D eigenvalue weighted by atomic mass is 32.1. The third-order valence-corrected chi connectivity index (χ3v) is 4.48. The molecule has 0 spiro atoms. The minimum Gasteiger partial charge on any atom is -0.399 e. The van der Waals surface area contributed by atoms with Crippen LogP contribution in [0.25, 0.3) is 0 Å². The number of aryl methyl sites for hydroxylation is 1. The van der Waals surface area contributed by atoms with Gasteiger partial charge in [-0.3, -0.25) is 4.90 Å². The molecule has 0 atom stereocenters. The van der Waals surface area contributed by atoms with Crippen LogP contribution in [0.4, 0.5) is 11.4 Å². The first-order chi connectivity index (χ1) is 9.70. The van der Waals surface area contributed by atoms with Gasteiger partial charge in [-0.2, -0.15) is 0 Å². The van der Waals surface area contributed by atoms with Crippen LogP contribution in [0.15, 0.2) is 29.6 Å². The van der Waals surface area contributed by atoms with Crippen LogP contribution in [-0.4, -0.2) is 36.1 Å². The molecule has 3 rings (SSSR count). The summed E-state index contributed by atoms with van der Waals surface area (Å²) in [5.74, 6) is 0. The van der Waals surface area contributed by atoms with Gasteiger partial charge in [0.2, 0.25) is 0 Å². The SMILES string of the molecule is Cc1nc(CN2CCN(c3cccc(N)c3)CC2)cs1. The Labute approximate surface area is 123 Å². The first-order valence-electron chi connectivity index (χ1n) is 6.94. The fourth-order valence-electron chi connectivity index (χ4n) is 2.60. The van der Waals surface area contributed by atoms with E-state index >= 15 is 0 Å². The Bertz CT molecular complexity index is 573. The van der Waals surface area contributed by atoms with Crippen molar-refractivity contribution in [2.24, 2.45) is 0 Å². The number of anilines is 2. The lowest BCUT2D eigenvalue weighted by Crippen LogP contribution is -2.46. The summed E-state index contributed by atoms with van der Waals surface area (Å²) in [6.07, 6.45) is 0. The molecule has 106 valence electrons. The molecule has 1 fully saturated rings. The Morgan fingerprint density at radius 3 is 2.70 bits per heavy atom. The van der Waals surface area contributed by atoms with Crippen LogP contribution in [0.2, 0.25) is 0 Å². The quantitative estimate of drug-likeness (QED) is 0.881. The molecule has 1 aliphatic rings. The van der Waals surface area contributed by atoms with Gasteiger partial charge in [-0.15, -0.1) is 11.3 Å². The fraction of sp³-hybridized carbons (Fsp3) is 0.400. The van der Waals surface area contributed by atoms with Gasteiger partial charge in [-0.25, -0.2) is 4.98 Å². The van der Waals surface area contributed by atoms with E-state index in [-0.39, 0.29) is 0 Å². The molecule has 2 N–H and O–H groups in total. The van der Waals surface area contributed by atoms with Gasteiger partial charge >= 0.3 is 0 Å². The predicted molar refractivity (Wildman–Crippen MR) is 85.2 cm³/mol. The van der Waals surface area contributed by atoms with Crippen molar-refractivity contribution in [3.63, 3.8) is 0 Å². The minimum atomic E-state index is 0.836. The van der Waals surface area contributed by atoms with Gasteiger partial charge in [0, 0.05) is 49.5 Å². The molecular formula is C15H20N4S. The number of nitrogen functional groups attached to an aromatic ring is 1. The summed E-state index contributed by atoms with van der Waals surface area (Å²) in [4.78, 5) is 9.41. The molecule has 1 aromatic heterocycles. The van der Waals surface area contributed by atoms with E-state index in [1.165, 1.54) is 11.4 Å². The topological polar surface area (TPSA) is 45.4 Å². The molecule has 2 heterocycles. The molecule has 2 aromatic rings. The second-order valence-corrected chi connectivity index (χ2v) is 6.28. The number of piperazine rings is 1. The highest BCUT2D eigenvalue weighted by Crippen LogP contribution is 2.20. The molecule has 5 heteroatoms. The van der Waals surface area contributed by atoms with Crippen molar-refractivity contribution in [1.29, 1.82) is 0 Å². The lowest BCUT2D eigenvalue weighted by Gasteiger charge is -2.35. The summed E-state index contributed by atoms with van der Waals surface area (Å²) >= 11 is 1.73. The van der Waals surface area contributed by atoms with E-state index in [1.54, 1.807) is 11.3 Å². The molecule has 1 aromatic carbocycles. The van der Waals surface area contributed by atoms with Crippen molar-refractivity contribution < 1.29 is 0 Å². The molecule has 0 saturated carbocycles. The molecule has 0 unspecified atom stereocenters. The average Bonchev–Trinajstić information content (AvgIpc) is 2.85. The fourth-order valence-corrected chi connectivity index (χ4v) is 3.20. The summed E-state index contributed by atoms with van der Waals surface area (Å²) in [5, 5.41) is 3.32. The monoisotopic (exact) mass is 288 g/mol. The van der Waals surface area contributed by atoms with Gasteiger partial charge in [-0.1, -0.05) is 6.07 Å². The first-order valence-corrected chi connectivity index (χ1v) is 7.82. The number of nitrogens with zero attached hydrogens (tertiary/aromatic N) is 3. The Morgan fingerprint density at radius 1 is 1.25 bits per heavy atom. The van der Waals surface area contributed by atoms with Crippen LogP contribution < -0.4 is 10.6 Å². The van der Waals surface area contributed by atoms with Crippen LogP contribution in [-0.2, 0) is 6.54 Å². The standard InChI is InChI=1S/C15H20N4S/c1-12-17-14(11-20-12)10-18-5-7-19(8-6-18)15-4-2-3-13(16)9-15/h2-4,9,11H,5-8,10,16H2,1H3. The van der Waals surface area contributed by atoms with Crippen LogP contribution in [0, 0.1) is 6.92 Å². The zero-order chi connectivity index (χ0) is 13.9. The molecule has 0 amide bonds. The molecular weight excluding hydrogens is 268 g/mol. The van der Waals surface area contributed by atoms with E-state index in [4.69, 9.17) is 5.73 Å². The minimum absolute atomic E-state index is 0.836. The van der Waals surface area contributed by atoms with E-state index in [0.717, 1.165) is 43.4 Å². The van der Waals surface area contributed by atoms with Crippen molar-refractivity contribution in [3.8, 4) is 0 Å². The first kappa shape index (κ1) is 13.4. The number of rotatable bonds is 3. The second-order valence-electron chi connectivity index (χ2n) is 5.22. The van der Waals surface area contributed by atoms with Crippen molar-refractivity contribution in [2.45, 2.75) is 13.5 Å². The molecule has 1 saturated heterocycles. The largest absolute Gasteiger partial charge is 0.399 e. The number of hydrogen-bond donors (Lipinski definition) is 1. The number of nitrogens with two attached hydrogens (primary N) is 1. The number of benzene rings is 1. The summed E-state index contributed by atoms with van der Waals surface area (Å²) in [6.45, 7) is 7.27. The summed E-state index contributed by atoms with van der Waals surface area (Å²) in [5.41, 5.74) is 9.12. The van der Waals surface area contributed by atoms with E-state index in [9.17, 15) is 0 Å². The van der Waals surface area contributed by atoms with Gasteiger partial charge in [-0.05, 0) is 25.1 Å². The second kappa shape index (κ2) is 5.81. The van der Waals surface area contributed by atoms with Crippen LogP contribution in [0.3, 0.4) is 0 Å². The van der Waals surface area contributed by atoms with Gasteiger partial charge in [0.25, 0.3) is 0 Å². The van der Waals surface area contributed by atoms with Crippen LogP contribution in [0.1, 0.15) is 10.7 Å². The van der Waals surface area contributed by atoms with Crippen molar-refractivity contribution >= 4 is 22.7 Å². The molecule has 20 heavy (non-hydrogen) atoms. The molecule has 0 aliphatic carbocycles. The van der Waals surface area contributed by atoms with Crippen molar-refractivity contribution in [3.05, 3.63) is 40.3 Å². The van der Waals surface area contributed by atoms with Crippen molar-refractivity contribution in [2.75, 3.05) is 36.8 Å². The zero-order valence-electron chi connectivity index (χ0n) is 11.7. The summed E-state index contributed by atoms with van der Waals surface area (Å²) in [7, 11) is 0. The zero-order valence-corrected chi connectivity index (χ0v) is 12.6. The highest BCUT2D eigenvalue weighted by Gasteiger charge is 2.18. The predicted octanol–water partition coefficient (Wildman–Crippen LogP) is 2.36. The average molecular weight is 288 g/mol. The van der Waals surface area contributed by atoms with Crippen LogP contribution >= 0.6 is 11.3 Å². The number of thiazole rings is 1. The summed E-state index contributed by atoms with van der Waals surface area (Å²) < 4.78 is 0. The molecule has 0 bridgehead atoms. The van der Waals surface area contributed by atoms with E-state index < -0.39 is 0 Å². The number of hydrogen-bond acceptors (Lipinski definition) is 5. The maximum Gasteiger partial charge on any atom is 0.0897 e. The van der Waals surface area contributed by atoms with Gasteiger partial charge in [0.15, 0.2) is 0 Å². The Balaban J connectivity index is 1.57. The molecule has 1 aliphatic heterocycles. The van der Waals surface area contributed by atoms with E-state index in [2.05, 4.69) is 39.2 Å². The van der Waals surface area contributed by atoms with Gasteiger partial charge < -0.3 is 10.6 Å². The highest BCUT2D eigenvalue weighted by molar-refractivity contribution is 7.09. The third-order valence-electron chi connectivity index (χ3n) is 3.66. The number of aromatic nitrogens is 1. The Morgan fingerprint density at radius 2 is 2.05 bits per heavy atom. The maximum atomic E-state index is 5.85. The lowest BCUT2D eigenvalue weighted by atomic mass is 10.2. The van der Waals surface area contributed by atoms with E-state index in [1.807, 2.05) is 12.1 Å². The van der Waals surface area contributed by atoms with Crippen LogP contribution in [0.5, 0.6) is 0 Å². The Hall–Kier alpha value is -1.59.